The number of fused-ring (bicyclic) bond motifs is 1. The van der Waals surface area contributed by atoms with E-state index in [1.807, 2.05) is 6.07 Å². The first-order chi connectivity index (χ1) is 18.7. The summed E-state index contributed by atoms with van der Waals surface area (Å²) in [7, 11) is -2.62. The van der Waals surface area contributed by atoms with Gasteiger partial charge in [0.1, 0.15) is 29.8 Å². The van der Waals surface area contributed by atoms with Gasteiger partial charge in [0.25, 0.3) is 5.91 Å². The maximum Gasteiger partial charge on any atom is 0.322 e. The molecule has 0 aliphatic heterocycles. The summed E-state index contributed by atoms with van der Waals surface area (Å²) in [6.45, 7) is 0.0307. The lowest BCUT2D eigenvalue weighted by Gasteiger charge is -2.13. The van der Waals surface area contributed by atoms with E-state index in [0.717, 1.165) is 10.9 Å². The second kappa shape index (κ2) is 12.2. The molecule has 0 bridgehead atoms. The van der Waals surface area contributed by atoms with E-state index in [4.69, 9.17) is 9.47 Å². The van der Waals surface area contributed by atoms with Gasteiger partial charge in [-0.15, -0.1) is 0 Å². The summed E-state index contributed by atoms with van der Waals surface area (Å²) >= 11 is 0. The van der Waals surface area contributed by atoms with Gasteiger partial charge in [-0.05, 0) is 60.7 Å². The van der Waals surface area contributed by atoms with Crippen LogP contribution >= 0.6 is 0 Å². The average Bonchev–Trinajstić information content (AvgIpc) is 3.36. The summed E-state index contributed by atoms with van der Waals surface area (Å²) in [5.41, 5.74) is 1.43. The smallest absolute Gasteiger partial charge is 0.322 e. The largest absolute Gasteiger partial charge is 0.497 e. The molecular weight excluding hydrogens is 522 g/mol. The van der Waals surface area contributed by atoms with E-state index in [2.05, 4.69) is 26.9 Å². The van der Waals surface area contributed by atoms with Crippen molar-refractivity contribution >= 4 is 38.5 Å². The van der Waals surface area contributed by atoms with Gasteiger partial charge in [0.05, 0.1) is 12.0 Å². The summed E-state index contributed by atoms with van der Waals surface area (Å²) in [5, 5.41) is 13.0. The van der Waals surface area contributed by atoms with Gasteiger partial charge in [-0.2, -0.15) is 4.72 Å². The molecule has 0 saturated carbocycles. The minimum atomic E-state index is -4.17. The average molecular weight is 548 g/mol. The molecule has 4 N–H and O–H groups in total. The van der Waals surface area contributed by atoms with Crippen LogP contribution in [0.2, 0.25) is 0 Å². The quantitative estimate of drug-likeness (QED) is 0.222. The van der Waals surface area contributed by atoms with Crippen molar-refractivity contribution in [3.63, 3.8) is 0 Å². The number of H-pyrrole nitrogens is 1. The van der Waals surface area contributed by atoms with Crippen LogP contribution in [0, 0.1) is 11.8 Å². The first-order valence-corrected chi connectivity index (χ1v) is 13.2. The summed E-state index contributed by atoms with van der Waals surface area (Å²) < 4.78 is 38.3. The summed E-state index contributed by atoms with van der Waals surface area (Å²) in [4.78, 5) is 27.2. The van der Waals surface area contributed by atoms with Crippen LogP contribution < -0.4 is 19.5 Å². The number of aromatic amines is 1. The summed E-state index contributed by atoms with van der Waals surface area (Å²) in [6, 6.07) is 19.9. The second-order valence-corrected chi connectivity index (χ2v) is 10.0. The Morgan fingerprint density at radius 3 is 2.41 bits per heavy atom. The minimum absolute atomic E-state index is 0.0307. The van der Waals surface area contributed by atoms with Crippen LogP contribution in [0.5, 0.6) is 11.5 Å². The van der Waals surface area contributed by atoms with E-state index in [-0.39, 0.29) is 17.9 Å². The molecule has 0 spiro atoms. The monoisotopic (exact) mass is 547 g/mol. The number of carboxylic acids is 1. The Morgan fingerprint density at radius 1 is 0.974 bits per heavy atom. The number of amides is 1. The third kappa shape index (κ3) is 7.16. The predicted molar refractivity (Wildman–Crippen MR) is 145 cm³/mol. The number of carboxylic acid groups (broad SMARTS) is 1. The molecule has 1 aromatic heterocycles. The van der Waals surface area contributed by atoms with Crippen molar-refractivity contribution < 1.29 is 32.6 Å². The number of rotatable bonds is 10. The Bertz CT molecular complexity index is 1640. The zero-order valence-corrected chi connectivity index (χ0v) is 21.6. The van der Waals surface area contributed by atoms with E-state index in [1.54, 1.807) is 55.6 Å². The van der Waals surface area contributed by atoms with Crippen molar-refractivity contribution in [3.05, 3.63) is 84.6 Å². The van der Waals surface area contributed by atoms with Gasteiger partial charge in [0.2, 0.25) is 10.0 Å². The summed E-state index contributed by atoms with van der Waals surface area (Å²) in [5.74, 6) is 4.81. The fourth-order valence-electron chi connectivity index (χ4n) is 3.57. The number of ether oxygens (including phenoxy) is 2. The van der Waals surface area contributed by atoms with Crippen LogP contribution in [-0.4, -0.2) is 50.1 Å². The van der Waals surface area contributed by atoms with Crippen molar-refractivity contribution in [1.29, 1.82) is 0 Å². The van der Waals surface area contributed by atoms with E-state index in [9.17, 15) is 23.1 Å². The molecule has 39 heavy (non-hydrogen) atoms. The van der Waals surface area contributed by atoms with Gasteiger partial charge in [0, 0.05) is 23.0 Å². The first-order valence-electron chi connectivity index (χ1n) is 11.7. The molecule has 1 amide bonds. The fraction of sp³-hybridized carbons (Fsp3) is 0.143. The van der Waals surface area contributed by atoms with Gasteiger partial charge in [-0.1, -0.05) is 30.0 Å². The van der Waals surface area contributed by atoms with Crippen molar-refractivity contribution in [3.8, 4) is 23.3 Å². The molecule has 200 valence electrons. The van der Waals surface area contributed by atoms with Gasteiger partial charge >= 0.3 is 5.97 Å². The number of aliphatic carboxylic acids is 1. The molecule has 3 aromatic carbocycles. The number of nitrogens with one attached hydrogen (secondary N) is 3. The van der Waals surface area contributed by atoms with Crippen LogP contribution in [0.4, 0.5) is 5.69 Å². The maximum atomic E-state index is 12.8. The zero-order chi connectivity index (χ0) is 27.8. The number of sulfonamides is 1. The predicted octanol–water partition coefficient (Wildman–Crippen LogP) is 3.63. The van der Waals surface area contributed by atoms with Crippen molar-refractivity contribution in [2.45, 2.75) is 17.4 Å². The van der Waals surface area contributed by atoms with Crippen LogP contribution in [0.3, 0.4) is 0 Å². The zero-order valence-electron chi connectivity index (χ0n) is 20.8. The SMILES string of the molecule is COc1ccc2[nH]c(C(=O)Nc3ccc(S(=O)(=O)NC(CC#CCOc4ccccc4)C(=O)O)cc3)cc2c1. The highest BCUT2D eigenvalue weighted by molar-refractivity contribution is 7.89. The normalized spacial score (nSPS) is 11.7. The minimum Gasteiger partial charge on any atom is -0.497 e. The molecule has 11 heteroatoms. The lowest BCUT2D eigenvalue weighted by atomic mass is 10.2. The number of carbonyl (C=O) groups is 2. The summed E-state index contributed by atoms with van der Waals surface area (Å²) in [6.07, 6.45) is -0.253. The number of para-hydroxylation sites is 1. The number of anilines is 1. The molecule has 10 nitrogen and oxygen atoms in total. The van der Waals surface area contributed by atoms with Gasteiger partial charge in [-0.3, -0.25) is 9.59 Å². The van der Waals surface area contributed by atoms with Gasteiger partial charge in [0.15, 0.2) is 0 Å². The molecule has 0 fully saturated rings. The Hall–Kier alpha value is -4.79. The maximum absolute atomic E-state index is 12.8. The molecular formula is C28H25N3O7S. The molecule has 4 aromatic rings. The standard InChI is InChI=1S/C28H25N3O7S/c1-37-22-12-15-24-19(17-22)18-26(30-24)27(32)29-20-10-13-23(14-11-20)39(35,36)31-25(28(33)34)9-5-6-16-38-21-7-3-2-4-8-21/h2-4,7-8,10-15,17-18,25,30-31H,9,16H2,1H3,(H,29,32)(H,33,34). The molecule has 0 aliphatic carbocycles. The van der Waals surface area contributed by atoms with Crippen LogP contribution in [0.15, 0.2) is 83.8 Å². The van der Waals surface area contributed by atoms with Crippen molar-refractivity contribution in [2.24, 2.45) is 0 Å². The molecule has 1 atom stereocenters. The number of hydrogen-bond acceptors (Lipinski definition) is 6. The lowest BCUT2D eigenvalue weighted by molar-refractivity contribution is -0.138. The van der Waals surface area contributed by atoms with E-state index in [0.29, 0.717) is 22.9 Å². The molecule has 0 radical (unpaired) electrons. The highest BCUT2D eigenvalue weighted by atomic mass is 32.2. The molecule has 1 heterocycles. The van der Waals surface area contributed by atoms with Gasteiger partial charge in [-0.25, -0.2) is 8.42 Å². The molecule has 4 rings (SSSR count). The number of hydrogen-bond donors (Lipinski definition) is 4. The van der Waals surface area contributed by atoms with Crippen molar-refractivity contribution in [1.82, 2.24) is 9.71 Å². The van der Waals surface area contributed by atoms with Crippen LogP contribution in [0.25, 0.3) is 10.9 Å². The number of carbonyl (C=O) groups excluding carboxylic acids is 1. The number of benzene rings is 3. The van der Waals surface area contributed by atoms with Gasteiger partial charge < -0.3 is 24.9 Å². The Morgan fingerprint density at radius 2 is 1.72 bits per heavy atom. The molecule has 1 unspecified atom stereocenters. The molecule has 0 saturated heterocycles. The van der Waals surface area contributed by atoms with E-state index < -0.39 is 27.9 Å². The topological polar surface area (TPSA) is 147 Å². The second-order valence-electron chi connectivity index (χ2n) is 8.29. The highest BCUT2D eigenvalue weighted by Crippen LogP contribution is 2.22. The van der Waals surface area contributed by atoms with E-state index >= 15 is 0 Å². The third-order valence-corrected chi connectivity index (χ3v) is 7.06. The Kier molecular flexibility index (Phi) is 8.50. The fourth-order valence-corrected chi connectivity index (χ4v) is 4.76. The lowest BCUT2D eigenvalue weighted by Crippen LogP contribution is -2.40. The van der Waals surface area contributed by atoms with Crippen LogP contribution in [-0.2, 0) is 14.8 Å². The first kappa shape index (κ1) is 27.3. The molecule has 0 aliphatic rings. The Balaban J connectivity index is 1.36. The van der Waals surface area contributed by atoms with Crippen LogP contribution in [0.1, 0.15) is 16.9 Å². The number of aromatic nitrogens is 1. The third-order valence-electron chi connectivity index (χ3n) is 5.58. The number of methoxy groups -OCH3 is 1. The Labute approximate surface area is 225 Å². The van der Waals surface area contributed by atoms with Crippen molar-refractivity contribution in [2.75, 3.05) is 19.0 Å². The van der Waals surface area contributed by atoms with E-state index in [1.165, 1.54) is 24.3 Å². The highest BCUT2D eigenvalue weighted by Gasteiger charge is 2.25.